The standard InChI is InChI=1S/2C6H13NO2.C3H7NO2/c2*1-4(2)3-5(7)6(8)9;1-2(4)3(5)6/h2*4-5H,3,7H2,1-2H3,(H,8,9);2H,4H2,1H3,(H,5,6)/t2*5-;2-/m000/s1. The van der Waals surface area contributed by atoms with Gasteiger partial charge in [0.15, 0.2) is 0 Å². The molecule has 0 aromatic rings. The van der Waals surface area contributed by atoms with Crippen LogP contribution in [0.1, 0.15) is 47.5 Å². The van der Waals surface area contributed by atoms with Gasteiger partial charge in [0, 0.05) is 0 Å². The summed E-state index contributed by atoms with van der Waals surface area (Å²) in [6, 6.07) is -2.11. The lowest BCUT2D eigenvalue weighted by molar-refractivity contribution is -0.139. The maximum Gasteiger partial charge on any atom is 0.320 e. The molecule has 144 valence electrons. The minimum absolute atomic E-state index is 0.357. The third kappa shape index (κ3) is 22.6. The molecular formula is C15H33N3O6. The quantitative estimate of drug-likeness (QED) is 0.374. The molecule has 0 aromatic heterocycles. The van der Waals surface area contributed by atoms with E-state index in [4.69, 9.17) is 32.5 Å². The van der Waals surface area contributed by atoms with E-state index in [2.05, 4.69) is 0 Å². The van der Waals surface area contributed by atoms with Crippen molar-refractivity contribution >= 4 is 17.9 Å². The topological polar surface area (TPSA) is 190 Å². The zero-order valence-corrected chi connectivity index (χ0v) is 15.1. The summed E-state index contributed by atoms with van der Waals surface area (Å²) in [4.78, 5) is 29.8. The molecule has 0 fully saturated rings. The van der Waals surface area contributed by atoms with Crippen LogP contribution in [0.4, 0.5) is 0 Å². The van der Waals surface area contributed by atoms with E-state index < -0.39 is 36.0 Å². The first kappa shape index (κ1) is 27.2. The molecule has 0 aliphatic carbocycles. The first-order valence-corrected chi connectivity index (χ1v) is 7.67. The molecule has 24 heavy (non-hydrogen) atoms. The highest BCUT2D eigenvalue weighted by Gasteiger charge is 2.12. The minimum Gasteiger partial charge on any atom is -0.480 e. The third-order valence-corrected chi connectivity index (χ3v) is 2.47. The Labute approximate surface area is 143 Å². The highest BCUT2D eigenvalue weighted by molar-refractivity contribution is 5.73. The number of nitrogens with two attached hydrogens (primary N) is 3. The maximum atomic E-state index is 10.1. The lowest BCUT2D eigenvalue weighted by Crippen LogP contribution is -2.31. The molecule has 0 bridgehead atoms. The van der Waals surface area contributed by atoms with Crippen molar-refractivity contribution < 1.29 is 29.7 Å². The van der Waals surface area contributed by atoms with E-state index in [9.17, 15) is 14.4 Å². The van der Waals surface area contributed by atoms with E-state index in [0.717, 1.165) is 0 Å². The van der Waals surface area contributed by atoms with Gasteiger partial charge in [-0.3, -0.25) is 14.4 Å². The van der Waals surface area contributed by atoms with Gasteiger partial charge < -0.3 is 32.5 Å². The van der Waals surface area contributed by atoms with Crippen molar-refractivity contribution in [3.63, 3.8) is 0 Å². The second-order valence-electron chi connectivity index (χ2n) is 6.28. The molecule has 0 aliphatic rings. The van der Waals surface area contributed by atoms with Crippen molar-refractivity contribution in [1.29, 1.82) is 0 Å². The van der Waals surface area contributed by atoms with E-state index in [1.807, 2.05) is 27.7 Å². The Bertz CT molecular complexity index is 346. The van der Waals surface area contributed by atoms with E-state index in [1.54, 1.807) is 0 Å². The predicted molar refractivity (Wildman–Crippen MR) is 91.4 cm³/mol. The number of hydrogen-bond acceptors (Lipinski definition) is 6. The fourth-order valence-corrected chi connectivity index (χ4v) is 1.22. The van der Waals surface area contributed by atoms with Crippen LogP contribution in [0.25, 0.3) is 0 Å². The summed E-state index contributed by atoms with van der Waals surface area (Å²) in [6.07, 6.45) is 1.10. The Morgan fingerprint density at radius 2 is 0.875 bits per heavy atom. The van der Waals surface area contributed by atoms with Gasteiger partial charge in [0.2, 0.25) is 0 Å². The van der Waals surface area contributed by atoms with E-state index in [1.165, 1.54) is 6.92 Å². The molecule has 0 aromatic carbocycles. The molecule has 9 N–H and O–H groups in total. The highest BCUT2D eigenvalue weighted by Crippen LogP contribution is 2.02. The van der Waals surface area contributed by atoms with Crippen LogP contribution in [0.5, 0.6) is 0 Å². The molecule has 0 radical (unpaired) electrons. The van der Waals surface area contributed by atoms with Gasteiger partial charge in [-0.15, -0.1) is 0 Å². The SMILES string of the molecule is CC(C)C[C@H](N)C(=O)O.CC(C)C[C@H](N)C(=O)O.C[C@H](N)C(=O)O. The molecular weight excluding hydrogens is 318 g/mol. The Kier molecular flexibility index (Phi) is 16.8. The van der Waals surface area contributed by atoms with Crippen LogP contribution in [-0.4, -0.2) is 51.4 Å². The van der Waals surface area contributed by atoms with Gasteiger partial charge >= 0.3 is 17.9 Å². The average Bonchev–Trinajstić information content (AvgIpc) is 2.38. The normalized spacial score (nSPS) is 13.8. The van der Waals surface area contributed by atoms with Crippen LogP contribution in [0.15, 0.2) is 0 Å². The van der Waals surface area contributed by atoms with Crippen LogP contribution in [-0.2, 0) is 14.4 Å². The third-order valence-electron chi connectivity index (χ3n) is 2.47. The van der Waals surface area contributed by atoms with Crippen molar-refractivity contribution in [1.82, 2.24) is 0 Å². The van der Waals surface area contributed by atoms with E-state index in [0.29, 0.717) is 24.7 Å². The van der Waals surface area contributed by atoms with Gasteiger partial charge in [0.05, 0.1) is 0 Å². The smallest absolute Gasteiger partial charge is 0.320 e. The zero-order valence-electron chi connectivity index (χ0n) is 15.1. The lowest BCUT2D eigenvalue weighted by Gasteiger charge is -2.07. The summed E-state index contributed by atoms with van der Waals surface area (Å²) in [5, 5.41) is 24.5. The van der Waals surface area contributed by atoms with Crippen molar-refractivity contribution in [2.75, 3.05) is 0 Å². The largest absolute Gasteiger partial charge is 0.480 e. The van der Waals surface area contributed by atoms with Gasteiger partial charge in [0.1, 0.15) is 18.1 Å². The van der Waals surface area contributed by atoms with Crippen molar-refractivity contribution in [3.8, 4) is 0 Å². The summed E-state index contributed by atoms with van der Waals surface area (Å²) in [5.74, 6) is -2.07. The Hall–Kier alpha value is -1.71. The average molecular weight is 351 g/mol. The van der Waals surface area contributed by atoms with Gasteiger partial charge in [-0.05, 0) is 31.6 Å². The molecule has 0 rings (SSSR count). The van der Waals surface area contributed by atoms with Crippen LogP contribution in [0.2, 0.25) is 0 Å². The molecule has 9 heteroatoms. The summed E-state index contributed by atoms with van der Waals surface area (Å²) in [7, 11) is 0. The Balaban J connectivity index is -0.000000282. The van der Waals surface area contributed by atoms with Gasteiger partial charge in [-0.1, -0.05) is 27.7 Å². The molecule has 0 amide bonds. The molecule has 3 atom stereocenters. The monoisotopic (exact) mass is 351 g/mol. The first-order chi connectivity index (χ1) is 10.7. The number of carboxylic acids is 3. The van der Waals surface area contributed by atoms with Crippen LogP contribution in [0.3, 0.4) is 0 Å². The van der Waals surface area contributed by atoms with Crippen LogP contribution >= 0.6 is 0 Å². The molecule has 0 saturated carbocycles. The summed E-state index contributed by atoms with van der Waals surface area (Å²) in [5.41, 5.74) is 15.3. The second-order valence-corrected chi connectivity index (χ2v) is 6.28. The van der Waals surface area contributed by atoms with E-state index >= 15 is 0 Å². The zero-order chi connectivity index (χ0) is 20.0. The minimum atomic E-state index is -0.963. The Morgan fingerprint density at radius 3 is 0.917 bits per heavy atom. The number of carbonyl (C=O) groups is 3. The van der Waals surface area contributed by atoms with Crippen LogP contribution in [0, 0.1) is 11.8 Å². The van der Waals surface area contributed by atoms with Gasteiger partial charge in [-0.2, -0.15) is 0 Å². The number of rotatable bonds is 7. The Morgan fingerprint density at radius 1 is 0.667 bits per heavy atom. The second kappa shape index (κ2) is 14.9. The van der Waals surface area contributed by atoms with Crippen molar-refractivity contribution in [3.05, 3.63) is 0 Å². The molecule has 0 saturated heterocycles. The fourth-order valence-electron chi connectivity index (χ4n) is 1.22. The lowest BCUT2D eigenvalue weighted by atomic mass is 10.1. The first-order valence-electron chi connectivity index (χ1n) is 7.67. The highest BCUT2D eigenvalue weighted by atomic mass is 16.4. The molecule has 0 aliphatic heterocycles. The van der Waals surface area contributed by atoms with Crippen LogP contribution < -0.4 is 17.2 Å². The molecule has 0 spiro atoms. The molecule has 0 heterocycles. The number of aliphatic carboxylic acids is 3. The number of carboxylic acid groups (broad SMARTS) is 3. The van der Waals surface area contributed by atoms with Crippen molar-refractivity contribution in [2.24, 2.45) is 29.0 Å². The van der Waals surface area contributed by atoms with E-state index in [-0.39, 0.29) is 0 Å². The number of hydrogen-bond donors (Lipinski definition) is 6. The van der Waals surface area contributed by atoms with Gasteiger partial charge in [-0.25, -0.2) is 0 Å². The summed E-state index contributed by atoms with van der Waals surface area (Å²) < 4.78 is 0. The molecule has 0 unspecified atom stereocenters. The predicted octanol–water partition coefficient (Wildman–Crippen LogP) is 0.307. The fraction of sp³-hybridized carbons (Fsp3) is 0.800. The summed E-state index contributed by atoms with van der Waals surface area (Å²) in [6.45, 7) is 9.21. The summed E-state index contributed by atoms with van der Waals surface area (Å²) >= 11 is 0. The maximum absolute atomic E-state index is 10.1. The molecule has 9 nitrogen and oxygen atoms in total. The van der Waals surface area contributed by atoms with Gasteiger partial charge in [0.25, 0.3) is 0 Å². The van der Waals surface area contributed by atoms with Crippen molar-refractivity contribution in [2.45, 2.75) is 65.6 Å².